The van der Waals surface area contributed by atoms with Gasteiger partial charge in [-0.3, -0.25) is 0 Å². The Hall–Kier alpha value is -0.0900. The van der Waals surface area contributed by atoms with Crippen LogP contribution in [-0.2, 0) is 9.84 Å². The summed E-state index contributed by atoms with van der Waals surface area (Å²) >= 11 is 0. The molecule has 0 aromatic carbocycles. The van der Waals surface area contributed by atoms with E-state index in [0.717, 1.165) is 19.3 Å². The fourth-order valence-corrected chi connectivity index (χ4v) is 3.53. The lowest BCUT2D eigenvalue weighted by atomic mass is 10.1. The number of hydrogen-bond acceptors (Lipinski definition) is 3. The van der Waals surface area contributed by atoms with Crippen molar-refractivity contribution in [3.63, 3.8) is 0 Å². The summed E-state index contributed by atoms with van der Waals surface area (Å²) in [5.74, 6) is 0.699. The highest BCUT2D eigenvalue weighted by atomic mass is 32.2. The highest BCUT2D eigenvalue weighted by molar-refractivity contribution is 7.91. The highest BCUT2D eigenvalue weighted by Crippen LogP contribution is 2.12. The van der Waals surface area contributed by atoms with E-state index in [1.807, 2.05) is 0 Å². The van der Waals surface area contributed by atoms with Crippen molar-refractivity contribution in [2.45, 2.75) is 45.2 Å². The Bertz CT molecular complexity index is 248. The monoisotopic (exact) mass is 205 g/mol. The molecule has 1 saturated heterocycles. The molecule has 1 rings (SSSR count). The molecule has 0 spiro atoms. The summed E-state index contributed by atoms with van der Waals surface area (Å²) < 4.78 is 22.3. The van der Waals surface area contributed by atoms with Crippen LogP contribution < -0.4 is 5.32 Å². The summed E-state index contributed by atoms with van der Waals surface area (Å²) in [6, 6.07) is 0.648. The van der Waals surface area contributed by atoms with Gasteiger partial charge >= 0.3 is 0 Å². The molecule has 1 aliphatic rings. The lowest BCUT2D eigenvalue weighted by Crippen LogP contribution is -2.37. The van der Waals surface area contributed by atoms with Crippen molar-refractivity contribution in [2.24, 2.45) is 0 Å². The third-order valence-electron chi connectivity index (χ3n) is 2.47. The molecule has 1 N–H and O–H groups in total. The fraction of sp³-hybridized carbons (Fsp3) is 1.00. The number of hydrogen-bond donors (Lipinski definition) is 1. The summed E-state index contributed by atoms with van der Waals surface area (Å²) in [6.07, 6.45) is 3.06. The van der Waals surface area contributed by atoms with Gasteiger partial charge in [-0.05, 0) is 19.8 Å². The van der Waals surface area contributed by atoms with Gasteiger partial charge in [0.1, 0.15) is 0 Å². The summed E-state index contributed by atoms with van der Waals surface area (Å²) in [7, 11) is -2.72. The van der Waals surface area contributed by atoms with Crippen LogP contribution in [0.1, 0.15) is 33.1 Å². The van der Waals surface area contributed by atoms with Gasteiger partial charge in [0, 0.05) is 12.1 Å². The van der Waals surface area contributed by atoms with E-state index in [0.29, 0.717) is 17.5 Å². The molecule has 0 amide bonds. The molecule has 2 atom stereocenters. The maximum atomic E-state index is 11.1. The second kappa shape index (κ2) is 4.42. The van der Waals surface area contributed by atoms with Crippen LogP contribution in [0.2, 0.25) is 0 Å². The Balaban J connectivity index is 2.32. The maximum absolute atomic E-state index is 11.1. The molecule has 0 radical (unpaired) electrons. The van der Waals surface area contributed by atoms with Crippen LogP contribution in [0.5, 0.6) is 0 Å². The molecule has 3 nitrogen and oxygen atoms in total. The van der Waals surface area contributed by atoms with Gasteiger partial charge in [0.05, 0.1) is 11.5 Å². The Labute approximate surface area is 80.8 Å². The zero-order chi connectivity index (χ0) is 9.90. The van der Waals surface area contributed by atoms with E-state index in [2.05, 4.69) is 19.2 Å². The van der Waals surface area contributed by atoms with Crippen molar-refractivity contribution in [3.8, 4) is 0 Å². The number of sulfone groups is 1. The van der Waals surface area contributed by atoms with Gasteiger partial charge in [-0.25, -0.2) is 8.42 Å². The SMILES string of the molecule is CCCC(C)NC1CCS(=O)(=O)C1. The molecule has 0 aliphatic carbocycles. The molecule has 0 bridgehead atoms. The quantitative estimate of drug-likeness (QED) is 0.743. The second-order valence-corrected chi connectivity index (χ2v) is 6.19. The zero-order valence-electron chi connectivity index (χ0n) is 8.41. The van der Waals surface area contributed by atoms with Crippen molar-refractivity contribution in [3.05, 3.63) is 0 Å². The van der Waals surface area contributed by atoms with Crippen molar-refractivity contribution < 1.29 is 8.42 Å². The topological polar surface area (TPSA) is 46.2 Å². The van der Waals surface area contributed by atoms with Crippen molar-refractivity contribution in [2.75, 3.05) is 11.5 Å². The van der Waals surface area contributed by atoms with Crippen LogP contribution in [0, 0.1) is 0 Å². The Kier molecular flexibility index (Phi) is 3.74. The number of rotatable bonds is 4. The molecule has 13 heavy (non-hydrogen) atoms. The van der Waals surface area contributed by atoms with E-state index < -0.39 is 9.84 Å². The van der Waals surface area contributed by atoms with E-state index >= 15 is 0 Å². The van der Waals surface area contributed by atoms with Crippen molar-refractivity contribution in [1.29, 1.82) is 0 Å². The molecular formula is C9H19NO2S. The smallest absolute Gasteiger partial charge is 0.151 e. The van der Waals surface area contributed by atoms with Crippen molar-refractivity contribution >= 4 is 9.84 Å². The maximum Gasteiger partial charge on any atom is 0.151 e. The Morgan fingerprint density at radius 3 is 2.69 bits per heavy atom. The van der Waals surface area contributed by atoms with Gasteiger partial charge in [0.15, 0.2) is 9.84 Å². The molecule has 2 unspecified atom stereocenters. The molecule has 0 aromatic heterocycles. The minimum Gasteiger partial charge on any atom is -0.310 e. The van der Waals surface area contributed by atoms with E-state index in [1.54, 1.807) is 0 Å². The third-order valence-corrected chi connectivity index (χ3v) is 4.24. The molecule has 78 valence electrons. The molecule has 1 heterocycles. The summed E-state index contributed by atoms with van der Waals surface area (Å²) in [5.41, 5.74) is 0. The fourth-order valence-electron chi connectivity index (χ4n) is 1.85. The molecule has 0 aromatic rings. The van der Waals surface area contributed by atoms with Gasteiger partial charge in [-0.1, -0.05) is 13.3 Å². The van der Waals surface area contributed by atoms with Gasteiger partial charge in [0.2, 0.25) is 0 Å². The first-order valence-corrected chi connectivity index (χ1v) is 6.82. The van der Waals surface area contributed by atoms with Crippen LogP contribution in [-0.4, -0.2) is 32.0 Å². The molecule has 1 aliphatic heterocycles. The third kappa shape index (κ3) is 3.65. The molecule has 1 fully saturated rings. The van der Waals surface area contributed by atoms with Crippen LogP contribution in [0.25, 0.3) is 0 Å². The van der Waals surface area contributed by atoms with Gasteiger partial charge in [-0.15, -0.1) is 0 Å². The van der Waals surface area contributed by atoms with Gasteiger partial charge < -0.3 is 5.32 Å². The first kappa shape index (κ1) is 11.0. The minimum absolute atomic E-state index is 0.201. The lowest BCUT2D eigenvalue weighted by molar-refractivity contribution is 0.447. The molecule has 4 heteroatoms. The van der Waals surface area contributed by atoms with Crippen LogP contribution in [0.15, 0.2) is 0 Å². The summed E-state index contributed by atoms with van der Waals surface area (Å²) in [6.45, 7) is 4.26. The van der Waals surface area contributed by atoms with Crippen LogP contribution in [0.3, 0.4) is 0 Å². The standard InChI is InChI=1S/C9H19NO2S/c1-3-4-8(2)10-9-5-6-13(11,12)7-9/h8-10H,3-7H2,1-2H3. The minimum atomic E-state index is -2.72. The largest absolute Gasteiger partial charge is 0.310 e. The predicted molar refractivity (Wildman–Crippen MR) is 54.6 cm³/mol. The van der Waals surface area contributed by atoms with E-state index in [1.165, 1.54) is 0 Å². The summed E-state index contributed by atoms with van der Waals surface area (Å²) in [5, 5.41) is 3.36. The highest BCUT2D eigenvalue weighted by Gasteiger charge is 2.28. The zero-order valence-corrected chi connectivity index (χ0v) is 9.23. The predicted octanol–water partition coefficient (Wildman–Crippen LogP) is 0.952. The molecular weight excluding hydrogens is 186 g/mol. The van der Waals surface area contributed by atoms with Crippen molar-refractivity contribution in [1.82, 2.24) is 5.32 Å². The average Bonchev–Trinajstić information content (AvgIpc) is 2.30. The average molecular weight is 205 g/mol. The number of nitrogens with one attached hydrogen (secondary N) is 1. The lowest BCUT2D eigenvalue weighted by Gasteiger charge is -2.17. The van der Waals surface area contributed by atoms with Gasteiger partial charge in [-0.2, -0.15) is 0 Å². The normalized spacial score (nSPS) is 28.9. The van der Waals surface area contributed by atoms with Crippen LogP contribution >= 0.6 is 0 Å². The molecule has 0 saturated carbocycles. The Morgan fingerprint density at radius 1 is 1.54 bits per heavy atom. The van der Waals surface area contributed by atoms with Crippen LogP contribution in [0.4, 0.5) is 0 Å². The van der Waals surface area contributed by atoms with E-state index in [9.17, 15) is 8.42 Å². The first-order valence-electron chi connectivity index (χ1n) is 5.00. The van der Waals surface area contributed by atoms with Gasteiger partial charge in [0.25, 0.3) is 0 Å². The van der Waals surface area contributed by atoms with E-state index in [4.69, 9.17) is 0 Å². The van der Waals surface area contributed by atoms with E-state index in [-0.39, 0.29) is 6.04 Å². The summed E-state index contributed by atoms with van der Waals surface area (Å²) in [4.78, 5) is 0. The second-order valence-electron chi connectivity index (χ2n) is 3.96. The first-order chi connectivity index (χ1) is 6.03. The Morgan fingerprint density at radius 2 is 2.23 bits per heavy atom.